The molecule has 1 aliphatic heterocycles. The first-order chi connectivity index (χ1) is 7.66. The van der Waals surface area contributed by atoms with Gasteiger partial charge in [-0.25, -0.2) is 0 Å². The molecule has 2 heterocycles. The van der Waals surface area contributed by atoms with E-state index in [-0.39, 0.29) is 23.1 Å². The molecule has 0 saturated carbocycles. The van der Waals surface area contributed by atoms with E-state index in [0.29, 0.717) is 0 Å². The van der Waals surface area contributed by atoms with Gasteiger partial charge in [-0.1, -0.05) is 0 Å². The van der Waals surface area contributed by atoms with Crippen molar-refractivity contribution < 1.29 is 4.79 Å². The van der Waals surface area contributed by atoms with Gasteiger partial charge >= 0.3 is 0 Å². The Kier molecular flexibility index (Phi) is 3.05. The highest BCUT2D eigenvalue weighted by atomic mass is 16.2. The average molecular weight is 221 g/mol. The quantitative estimate of drug-likeness (QED) is 0.646. The molecule has 1 saturated heterocycles. The summed E-state index contributed by atoms with van der Waals surface area (Å²) in [5.41, 5.74) is 0.602. The smallest absolute Gasteiger partial charge is 0.260 e. The number of nitrogens with one attached hydrogen (secondary N) is 3. The van der Waals surface area contributed by atoms with E-state index < -0.39 is 0 Å². The number of hydrogen-bond acceptors (Lipinski definition) is 3. The largest absolute Gasteiger partial charge is 0.348 e. The zero-order chi connectivity index (χ0) is 11.5. The molecule has 0 spiro atoms. The summed E-state index contributed by atoms with van der Waals surface area (Å²) in [6.07, 6.45) is 0.912. The third-order valence-electron chi connectivity index (χ3n) is 2.70. The second kappa shape index (κ2) is 4.49. The van der Waals surface area contributed by atoms with Crippen molar-refractivity contribution in [1.82, 2.24) is 15.6 Å². The maximum Gasteiger partial charge on any atom is 0.260 e. The van der Waals surface area contributed by atoms with E-state index in [2.05, 4.69) is 15.6 Å². The van der Waals surface area contributed by atoms with Crippen LogP contribution in [0.4, 0.5) is 0 Å². The molecule has 1 aromatic rings. The molecule has 0 radical (unpaired) electrons. The molecule has 3 N–H and O–H groups in total. The van der Waals surface area contributed by atoms with Gasteiger partial charge in [-0.15, -0.1) is 0 Å². The van der Waals surface area contributed by atoms with Gasteiger partial charge in [0.25, 0.3) is 11.5 Å². The Morgan fingerprint density at radius 2 is 2.31 bits per heavy atom. The third kappa shape index (κ3) is 2.30. The summed E-state index contributed by atoms with van der Waals surface area (Å²) < 4.78 is 0. The van der Waals surface area contributed by atoms with Gasteiger partial charge in [-0.05, 0) is 32.0 Å². The third-order valence-corrected chi connectivity index (χ3v) is 2.70. The Bertz CT molecular complexity index is 447. The van der Waals surface area contributed by atoms with Crippen molar-refractivity contribution in [1.29, 1.82) is 0 Å². The molecule has 2 rings (SSSR count). The van der Waals surface area contributed by atoms with E-state index in [0.717, 1.165) is 25.2 Å². The lowest BCUT2D eigenvalue weighted by molar-refractivity contribution is 0.0938. The second-order valence-electron chi connectivity index (χ2n) is 4.05. The first-order valence-corrected chi connectivity index (χ1v) is 5.38. The zero-order valence-corrected chi connectivity index (χ0v) is 9.17. The molecular formula is C11H15N3O2. The van der Waals surface area contributed by atoms with Crippen LogP contribution in [0.2, 0.25) is 0 Å². The topological polar surface area (TPSA) is 74.0 Å². The number of aryl methyl sites for hydroxylation is 1. The van der Waals surface area contributed by atoms with Crippen LogP contribution in [0.5, 0.6) is 0 Å². The molecule has 1 aliphatic rings. The number of aromatic nitrogens is 1. The van der Waals surface area contributed by atoms with Crippen LogP contribution in [0.3, 0.4) is 0 Å². The summed E-state index contributed by atoms with van der Waals surface area (Å²) in [6.45, 7) is 3.47. The molecule has 86 valence electrons. The van der Waals surface area contributed by atoms with E-state index in [1.54, 1.807) is 19.1 Å². The van der Waals surface area contributed by atoms with Crippen LogP contribution >= 0.6 is 0 Å². The van der Waals surface area contributed by atoms with E-state index in [9.17, 15) is 9.59 Å². The maximum atomic E-state index is 11.8. The van der Waals surface area contributed by atoms with E-state index in [4.69, 9.17) is 0 Å². The van der Waals surface area contributed by atoms with Gasteiger partial charge in [0.1, 0.15) is 5.56 Å². The highest BCUT2D eigenvalue weighted by Crippen LogP contribution is 1.99. The van der Waals surface area contributed by atoms with Gasteiger partial charge in [-0.3, -0.25) is 9.59 Å². The lowest BCUT2D eigenvalue weighted by Crippen LogP contribution is -2.38. The summed E-state index contributed by atoms with van der Waals surface area (Å²) in [7, 11) is 0. The first kappa shape index (κ1) is 10.9. The minimum Gasteiger partial charge on any atom is -0.348 e. The predicted octanol–water partition coefficient (Wildman–Crippen LogP) is -0.225. The van der Waals surface area contributed by atoms with Crippen LogP contribution in [0, 0.1) is 6.92 Å². The van der Waals surface area contributed by atoms with E-state index in [1.807, 2.05) is 0 Å². The summed E-state index contributed by atoms with van der Waals surface area (Å²) in [5, 5.41) is 5.99. The summed E-state index contributed by atoms with van der Waals surface area (Å²) in [4.78, 5) is 25.9. The van der Waals surface area contributed by atoms with Gasteiger partial charge in [0, 0.05) is 18.3 Å². The summed E-state index contributed by atoms with van der Waals surface area (Å²) in [5.74, 6) is -0.296. The van der Waals surface area contributed by atoms with Gasteiger partial charge in [-0.2, -0.15) is 0 Å². The number of amides is 1. The fraction of sp³-hybridized carbons (Fsp3) is 0.455. The molecule has 0 aromatic carbocycles. The lowest BCUT2D eigenvalue weighted by atomic mass is 10.2. The van der Waals surface area contributed by atoms with Gasteiger partial charge in [0.15, 0.2) is 0 Å². The van der Waals surface area contributed by atoms with Crippen LogP contribution in [0.15, 0.2) is 16.9 Å². The fourth-order valence-corrected chi connectivity index (χ4v) is 1.79. The molecule has 1 fully saturated rings. The van der Waals surface area contributed by atoms with Crippen molar-refractivity contribution in [3.8, 4) is 0 Å². The van der Waals surface area contributed by atoms with Crippen LogP contribution in [0.25, 0.3) is 0 Å². The predicted molar refractivity (Wildman–Crippen MR) is 60.5 cm³/mol. The Balaban J connectivity index is 2.11. The molecule has 0 aliphatic carbocycles. The van der Waals surface area contributed by atoms with Crippen molar-refractivity contribution >= 4 is 5.91 Å². The Hall–Kier alpha value is -1.62. The number of hydrogen-bond donors (Lipinski definition) is 3. The minimum absolute atomic E-state index is 0.133. The Labute approximate surface area is 93.3 Å². The van der Waals surface area contributed by atoms with Crippen LogP contribution in [0.1, 0.15) is 22.5 Å². The van der Waals surface area contributed by atoms with Crippen molar-refractivity contribution in [2.24, 2.45) is 0 Å². The first-order valence-electron chi connectivity index (χ1n) is 5.38. The number of rotatable bonds is 2. The standard InChI is InChI=1S/C11H15N3O2/c1-7-2-3-9(10(15)13-7)11(16)14-8-4-5-12-6-8/h2-3,8,12H,4-6H2,1H3,(H,13,15)(H,14,16)/t8-/m1/s1. The molecule has 5 nitrogen and oxygen atoms in total. The maximum absolute atomic E-state index is 11.8. The number of carbonyl (C=O) groups is 1. The zero-order valence-electron chi connectivity index (χ0n) is 9.17. The SMILES string of the molecule is Cc1ccc(C(=O)N[C@@H]2CCNC2)c(=O)[nH]1. The molecule has 16 heavy (non-hydrogen) atoms. The van der Waals surface area contributed by atoms with E-state index in [1.165, 1.54) is 0 Å². The highest BCUT2D eigenvalue weighted by molar-refractivity contribution is 5.94. The number of aromatic amines is 1. The number of H-pyrrole nitrogens is 1. The lowest BCUT2D eigenvalue weighted by Gasteiger charge is -2.10. The highest BCUT2D eigenvalue weighted by Gasteiger charge is 2.18. The van der Waals surface area contributed by atoms with Crippen LogP contribution in [-0.4, -0.2) is 30.0 Å². The minimum atomic E-state index is -0.330. The van der Waals surface area contributed by atoms with Crippen molar-refractivity contribution in [3.05, 3.63) is 33.7 Å². The van der Waals surface area contributed by atoms with Crippen molar-refractivity contribution in [3.63, 3.8) is 0 Å². The summed E-state index contributed by atoms with van der Waals surface area (Å²) >= 11 is 0. The van der Waals surface area contributed by atoms with Gasteiger partial charge in [0.05, 0.1) is 0 Å². The Morgan fingerprint density at radius 1 is 1.50 bits per heavy atom. The van der Waals surface area contributed by atoms with E-state index >= 15 is 0 Å². The molecule has 1 aromatic heterocycles. The monoisotopic (exact) mass is 221 g/mol. The Morgan fingerprint density at radius 3 is 2.94 bits per heavy atom. The number of carbonyl (C=O) groups excluding carboxylic acids is 1. The second-order valence-corrected chi connectivity index (χ2v) is 4.05. The fourth-order valence-electron chi connectivity index (χ4n) is 1.79. The van der Waals surface area contributed by atoms with Gasteiger partial charge < -0.3 is 15.6 Å². The number of pyridine rings is 1. The summed E-state index contributed by atoms with van der Waals surface area (Å²) in [6, 6.07) is 3.42. The molecular weight excluding hydrogens is 206 g/mol. The average Bonchev–Trinajstić information content (AvgIpc) is 2.70. The molecule has 1 atom stereocenters. The van der Waals surface area contributed by atoms with Crippen LogP contribution < -0.4 is 16.2 Å². The molecule has 5 heteroatoms. The normalized spacial score (nSPS) is 19.7. The van der Waals surface area contributed by atoms with Gasteiger partial charge in [0.2, 0.25) is 0 Å². The molecule has 0 unspecified atom stereocenters. The van der Waals surface area contributed by atoms with Crippen molar-refractivity contribution in [2.75, 3.05) is 13.1 Å². The van der Waals surface area contributed by atoms with Crippen LogP contribution in [-0.2, 0) is 0 Å². The molecule has 0 bridgehead atoms. The molecule has 1 amide bonds. The van der Waals surface area contributed by atoms with Crippen molar-refractivity contribution in [2.45, 2.75) is 19.4 Å².